The van der Waals surface area contributed by atoms with Crippen LogP contribution in [0.25, 0.3) is 0 Å². The van der Waals surface area contributed by atoms with Crippen molar-refractivity contribution in [2.24, 2.45) is 5.14 Å². The number of ether oxygens (including phenoxy) is 1. The topological polar surface area (TPSA) is 98.5 Å². The highest BCUT2D eigenvalue weighted by molar-refractivity contribution is 7.89. The van der Waals surface area contributed by atoms with E-state index in [4.69, 9.17) is 33.1 Å². The Labute approximate surface area is 162 Å². The summed E-state index contributed by atoms with van der Waals surface area (Å²) in [4.78, 5) is 12.0. The van der Waals surface area contributed by atoms with E-state index in [0.717, 1.165) is 5.56 Å². The van der Waals surface area contributed by atoms with Gasteiger partial charge in [0.25, 0.3) is 0 Å². The van der Waals surface area contributed by atoms with Gasteiger partial charge in [-0.05, 0) is 49.2 Å². The Morgan fingerprint density at radius 2 is 1.92 bits per heavy atom. The number of rotatable bonds is 7. The molecule has 0 saturated carbocycles. The number of benzene rings is 2. The number of sulfonamides is 1. The van der Waals surface area contributed by atoms with Crippen LogP contribution in [0.1, 0.15) is 18.4 Å². The molecular formula is C17H18Cl2N2O4S. The van der Waals surface area contributed by atoms with E-state index in [-0.39, 0.29) is 17.2 Å². The maximum atomic E-state index is 12.1. The van der Waals surface area contributed by atoms with Crippen molar-refractivity contribution in [2.45, 2.75) is 24.7 Å². The quantitative estimate of drug-likeness (QED) is 0.671. The molecule has 26 heavy (non-hydrogen) atoms. The Kier molecular flexibility index (Phi) is 6.88. The smallest absolute Gasteiger partial charge is 0.238 e. The molecule has 0 bridgehead atoms. The van der Waals surface area contributed by atoms with Crippen molar-refractivity contribution in [3.05, 3.63) is 52.0 Å². The number of anilines is 1. The zero-order chi connectivity index (χ0) is 19.3. The van der Waals surface area contributed by atoms with E-state index in [1.54, 1.807) is 31.2 Å². The van der Waals surface area contributed by atoms with E-state index in [1.807, 2.05) is 0 Å². The van der Waals surface area contributed by atoms with E-state index in [0.29, 0.717) is 34.5 Å². The van der Waals surface area contributed by atoms with Crippen molar-refractivity contribution in [3.8, 4) is 5.75 Å². The van der Waals surface area contributed by atoms with Crippen LogP contribution in [0, 0.1) is 6.92 Å². The van der Waals surface area contributed by atoms with Crippen molar-refractivity contribution >= 4 is 44.8 Å². The minimum Gasteiger partial charge on any atom is -0.492 e. The molecule has 0 unspecified atom stereocenters. The lowest BCUT2D eigenvalue weighted by Gasteiger charge is -2.11. The van der Waals surface area contributed by atoms with Gasteiger partial charge in [-0.1, -0.05) is 29.3 Å². The number of nitrogens with one attached hydrogen (secondary N) is 1. The summed E-state index contributed by atoms with van der Waals surface area (Å²) in [6.45, 7) is 2.05. The highest BCUT2D eigenvalue weighted by Crippen LogP contribution is 2.27. The molecule has 9 heteroatoms. The second kappa shape index (κ2) is 8.73. The fraction of sp³-hybridized carbons (Fsp3) is 0.235. The summed E-state index contributed by atoms with van der Waals surface area (Å²) in [7, 11) is -3.83. The molecule has 0 radical (unpaired) electrons. The van der Waals surface area contributed by atoms with Crippen LogP contribution in [0.5, 0.6) is 5.75 Å². The van der Waals surface area contributed by atoms with Gasteiger partial charge >= 0.3 is 0 Å². The summed E-state index contributed by atoms with van der Waals surface area (Å²) in [5.41, 5.74) is 1.14. The predicted molar refractivity (Wildman–Crippen MR) is 102 cm³/mol. The molecule has 6 nitrogen and oxygen atoms in total. The Hall–Kier alpha value is -1.80. The van der Waals surface area contributed by atoms with Gasteiger partial charge in [-0.2, -0.15) is 0 Å². The summed E-state index contributed by atoms with van der Waals surface area (Å²) in [5, 5.41) is 8.70. The van der Waals surface area contributed by atoms with E-state index in [9.17, 15) is 13.2 Å². The summed E-state index contributed by atoms with van der Waals surface area (Å²) in [5.74, 6) is 0.235. The Balaban J connectivity index is 1.87. The third kappa shape index (κ3) is 5.88. The molecule has 2 rings (SSSR count). The maximum absolute atomic E-state index is 12.1. The minimum atomic E-state index is -3.83. The van der Waals surface area contributed by atoms with E-state index in [2.05, 4.69) is 5.32 Å². The molecule has 3 N–H and O–H groups in total. The van der Waals surface area contributed by atoms with E-state index >= 15 is 0 Å². The van der Waals surface area contributed by atoms with Crippen molar-refractivity contribution in [3.63, 3.8) is 0 Å². The zero-order valence-corrected chi connectivity index (χ0v) is 16.3. The first-order chi connectivity index (χ1) is 12.2. The number of halogens is 2. The van der Waals surface area contributed by atoms with Crippen molar-refractivity contribution in [1.29, 1.82) is 0 Å². The number of hydrogen-bond acceptors (Lipinski definition) is 4. The molecule has 0 heterocycles. The van der Waals surface area contributed by atoms with Crippen LogP contribution in [0.2, 0.25) is 10.0 Å². The second-order valence-electron chi connectivity index (χ2n) is 5.60. The van der Waals surface area contributed by atoms with Crippen molar-refractivity contribution in [2.75, 3.05) is 11.9 Å². The van der Waals surface area contributed by atoms with Gasteiger partial charge < -0.3 is 10.1 Å². The van der Waals surface area contributed by atoms with Gasteiger partial charge in [0.2, 0.25) is 15.9 Å². The summed E-state index contributed by atoms with van der Waals surface area (Å²) in [6.07, 6.45) is 0.656. The molecule has 0 fully saturated rings. The molecule has 0 spiro atoms. The summed E-state index contributed by atoms with van der Waals surface area (Å²) < 4.78 is 28.3. The number of nitrogens with two attached hydrogens (primary N) is 1. The highest BCUT2D eigenvalue weighted by atomic mass is 35.5. The number of amides is 1. The Morgan fingerprint density at radius 1 is 1.19 bits per heavy atom. The van der Waals surface area contributed by atoms with Crippen LogP contribution in [0.15, 0.2) is 41.3 Å². The molecule has 0 atom stereocenters. The van der Waals surface area contributed by atoms with Crippen molar-refractivity contribution < 1.29 is 17.9 Å². The van der Waals surface area contributed by atoms with Crippen LogP contribution < -0.4 is 15.2 Å². The number of carbonyl (C=O) groups excluding carboxylic acids is 1. The Bertz CT molecular complexity index is 917. The SMILES string of the molecule is Cc1ccc(S(N)(=O)=O)cc1NC(=O)CCCOc1ccc(Cl)cc1Cl. The monoisotopic (exact) mass is 416 g/mol. The average molecular weight is 417 g/mol. The first-order valence-electron chi connectivity index (χ1n) is 7.68. The molecule has 0 aromatic heterocycles. The molecule has 1 amide bonds. The van der Waals surface area contributed by atoms with Crippen LogP contribution in [-0.4, -0.2) is 20.9 Å². The molecule has 0 aliphatic carbocycles. The number of carbonyl (C=O) groups is 1. The third-order valence-corrected chi connectivity index (χ3v) is 4.95. The normalized spacial score (nSPS) is 11.2. The molecular weight excluding hydrogens is 399 g/mol. The largest absolute Gasteiger partial charge is 0.492 e. The predicted octanol–water partition coefficient (Wildman–Crippen LogP) is 3.75. The van der Waals surface area contributed by atoms with Gasteiger partial charge in [0.05, 0.1) is 16.5 Å². The molecule has 2 aromatic carbocycles. The standard InChI is InChI=1S/C17H18Cl2N2O4S/c1-11-4-6-13(26(20,23)24)10-15(11)21-17(22)3-2-8-25-16-7-5-12(18)9-14(16)19/h4-7,9-10H,2-3,8H2,1H3,(H,21,22)(H2,20,23,24). The third-order valence-electron chi connectivity index (χ3n) is 3.51. The first-order valence-corrected chi connectivity index (χ1v) is 9.98. The molecule has 2 aromatic rings. The number of aryl methyl sites for hydroxylation is 1. The van der Waals surface area contributed by atoms with Crippen LogP contribution >= 0.6 is 23.2 Å². The summed E-state index contributed by atoms with van der Waals surface area (Å²) in [6, 6.07) is 9.22. The number of hydrogen-bond donors (Lipinski definition) is 2. The van der Waals surface area contributed by atoms with Gasteiger partial charge in [-0.25, -0.2) is 13.6 Å². The maximum Gasteiger partial charge on any atom is 0.238 e. The lowest BCUT2D eigenvalue weighted by atomic mass is 10.2. The number of primary sulfonamides is 1. The molecule has 0 saturated heterocycles. The van der Waals surface area contributed by atoms with Gasteiger partial charge in [-0.3, -0.25) is 4.79 Å². The van der Waals surface area contributed by atoms with Crippen LogP contribution in [-0.2, 0) is 14.8 Å². The highest BCUT2D eigenvalue weighted by Gasteiger charge is 2.12. The van der Waals surface area contributed by atoms with Gasteiger partial charge in [-0.15, -0.1) is 0 Å². The van der Waals surface area contributed by atoms with Gasteiger partial charge in [0.1, 0.15) is 5.75 Å². The zero-order valence-electron chi connectivity index (χ0n) is 14.0. The van der Waals surface area contributed by atoms with Gasteiger partial charge in [0.15, 0.2) is 0 Å². The lowest BCUT2D eigenvalue weighted by molar-refractivity contribution is -0.116. The van der Waals surface area contributed by atoms with Crippen molar-refractivity contribution in [1.82, 2.24) is 0 Å². The van der Waals surface area contributed by atoms with Crippen LogP contribution in [0.3, 0.4) is 0 Å². The van der Waals surface area contributed by atoms with E-state index in [1.165, 1.54) is 12.1 Å². The fourth-order valence-corrected chi connectivity index (χ4v) is 3.14. The minimum absolute atomic E-state index is 0.0564. The first kappa shape index (κ1) is 20.5. The second-order valence-corrected chi connectivity index (χ2v) is 8.00. The van der Waals surface area contributed by atoms with Crippen LogP contribution in [0.4, 0.5) is 5.69 Å². The summed E-state index contributed by atoms with van der Waals surface area (Å²) >= 11 is 11.8. The average Bonchev–Trinajstić information content (AvgIpc) is 2.54. The molecule has 0 aliphatic rings. The molecule has 140 valence electrons. The lowest BCUT2D eigenvalue weighted by Crippen LogP contribution is -2.16. The van der Waals surface area contributed by atoms with E-state index < -0.39 is 10.0 Å². The fourth-order valence-electron chi connectivity index (χ4n) is 2.13. The molecule has 0 aliphatic heterocycles. The Morgan fingerprint density at radius 3 is 2.58 bits per heavy atom. The van der Waals surface area contributed by atoms with Gasteiger partial charge in [0, 0.05) is 17.1 Å².